The van der Waals surface area contributed by atoms with E-state index in [0.717, 1.165) is 11.1 Å². The Morgan fingerprint density at radius 3 is 2.81 bits per heavy atom. The molecular weight excluding hydrogens is 328 g/mol. The van der Waals surface area contributed by atoms with Crippen LogP contribution in [0.25, 0.3) is 11.0 Å². The van der Waals surface area contributed by atoms with Crippen LogP contribution in [0.5, 0.6) is 5.75 Å². The number of hydrogen-bond acceptors (Lipinski definition) is 5. The van der Waals surface area contributed by atoms with Crippen molar-refractivity contribution in [2.24, 2.45) is 0 Å². The third-order valence-corrected chi connectivity index (χ3v) is 4.17. The minimum atomic E-state index is -0.189. The summed E-state index contributed by atoms with van der Waals surface area (Å²) in [6.07, 6.45) is 0. The molecule has 0 saturated carbocycles. The van der Waals surface area contributed by atoms with Crippen molar-refractivity contribution in [2.45, 2.75) is 26.8 Å². The molecule has 0 saturated heterocycles. The van der Waals surface area contributed by atoms with Gasteiger partial charge in [-0.3, -0.25) is 4.79 Å². The number of carbonyl (C=O) groups excluding carboxylic acids is 1. The Bertz CT molecular complexity index is 998. The molecule has 0 radical (unpaired) electrons. The van der Waals surface area contributed by atoms with Crippen molar-refractivity contribution in [1.82, 2.24) is 0 Å². The van der Waals surface area contributed by atoms with Crippen molar-refractivity contribution in [3.8, 4) is 11.8 Å². The van der Waals surface area contributed by atoms with Gasteiger partial charge in [0.15, 0.2) is 17.1 Å². The molecule has 0 fully saturated rings. The van der Waals surface area contributed by atoms with E-state index < -0.39 is 0 Å². The van der Waals surface area contributed by atoms with Crippen LogP contribution in [0, 0.1) is 11.3 Å². The first-order valence-corrected chi connectivity index (χ1v) is 8.50. The second kappa shape index (κ2) is 7.32. The molecule has 5 nitrogen and oxygen atoms in total. The largest absolute Gasteiger partial charge is 0.490 e. The van der Waals surface area contributed by atoms with E-state index in [1.165, 1.54) is 6.92 Å². The molecule has 3 rings (SSSR count). The number of nitriles is 1. The summed E-state index contributed by atoms with van der Waals surface area (Å²) in [4.78, 5) is 11.6. The lowest BCUT2D eigenvalue weighted by atomic mass is 10.1. The fraction of sp³-hybridized carbons (Fsp3) is 0.238. The number of Topliss-reactive ketones (excluding diaryl/α,β-unsaturated/α-hetero) is 1. The van der Waals surface area contributed by atoms with Crippen molar-refractivity contribution < 1.29 is 13.9 Å². The van der Waals surface area contributed by atoms with Gasteiger partial charge in [-0.2, -0.15) is 5.26 Å². The van der Waals surface area contributed by atoms with Crippen LogP contribution in [0.1, 0.15) is 48.5 Å². The molecule has 0 spiro atoms. The Labute approximate surface area is 152 Å². The number of ketones is 1. The summed E-state index contributed by atoms with van der Waals surface area (Å²) in [5.74, 6) is 1.39. The molecule has 0 bridgehead atoms. The van der Waals surface area contributed by atoms with E-state index in [0.29, 0.717) is 34.8 Å². The number of carbonyl (C=O) groups is 1. The van der Waals surface area contributed by atoms with Gasteiger partial charge in [-0.1, -0.05) is 12.1 Å². The Hall–Kier alpha value is -3.26. The Kier molecular flexibility index (Phi) is 4.94. The molecule has 3 aromatic rings. The summed E-state index contributed by atoms with van der Waals surface area (Å²) in [5, 5.41) is 13.6. The average molecular weight is 348 g/mol. The molecule has 2 aromatic carbocycles. The normalized spacial score (nSPS) is 11.8. The summed E-state index contributed by atoms with van der Waals surface area (Å²) < 4.78 is 11.6. The standard InChI is InChI=1S/C21H20N2O3/c1-4-25-19-7-5-6-16-11-20(26-21(16)19)13(2)23-18-10-15(14(3)24)8-9-17(18)12-22/h5-11,13,23H,4H2,1-3H3. The van der Waals surface area contributed by atoms with Gasteiger partial charge in [0, 0.05) is 10.9 Å². The topological polar surface area (TPSA) is 75.3 Å². The molecule has 1 atom stereocenters. The first kappa shape index (κ1) is 17.6. The number of furan rings is 1. The van der Waals surface area contributed by atoms with E-state index in [1.54, 1.807) is 18.2 Å². The zero-order valence-electron chi connectivity index (χ0n) is 15.0. The molecule has 1 N–H and O–H groups in total. The lowest BCUT2D eigenvalue weighted by Crippen LogP contribution is -2.08. The second-order valence-electron chi connectivity index (χ2n) is 6.05. The van der Waals surface area contributed by atoms with E-state index in [4.69, 9.17) is 9.15 Å². The number of nitrogens with zero attached hydrogens (tertiary/aromatic N) is 1. The van der Waals surface area contributed by atoms with Crippen LogP contribution in [-0.4, -0.2) is 12.4 Å². The van der Waals surface area contributed by atoms with Gasteiger partial charge in [-0.05, 0) is 51.1 Å². The highest BCUT2D eigenvalue weighted by Gasteiger charge is 2.16. The van der Waals surface area contributed by atoms with Crippen molar-refractivity contribution in [1.29, 1.82) is 5.26 Å². The fourth-order valence-electron chi connectivity index (χ4n) is 2.82. The number of rotatable bonds is 6. The predicted molar refractivity (Wildman–Crippen MR) is 101 cm³/mol. The van der Waals surface area contributed by atoms with Crippen LogP contribution in [0.15, 0.2) is 46.9 Å². The molecule has 1 unspecified atom stereocenters. The third-order valence-electron chi connectivity index (χ3n) is 4.17. The maximum absolute atomic E-state index is 11.6. The first-order valence-electron chi connectivity index (χ1n) is 8.50. The van der Waals surface area contributed by atoms with Crippen molar-refractivity contribution in [3.05, 3.63) is 59.4 Å². The van der Waals surface area contributed by atoms with Gasteiger partial charge >= 0.3 is 0 Å². The van der Waals surface area contributed by atoms with E-state index in [9.17, 15) is 10.1 Å². The van der Waals surface area contributed by atoms with Crippen LogP contribution in [0.4, 0.5) is 5.69 Å². The highest BCUT2D eigenvalue weighted by atomic mass is 16.5. The third kappa shape index (κ3) is 3.40. The Balaban J connectivity index is 1.93. The quantitative estimate of drug-likeness (QED) is 0.629. The van der Waals surface area contributed by atoms with Crippen molar-refractivity contribution >= 4 is 22.4 Å². The number of nitrogens with one attached hydrogen (secondary N) is 1. The summed E-state index contributed by atoms with van der Waals surface area (Å²) in [6.45, 7) is 5.94. The van der Waals surface area contributed by atoms with E-state index in [-0.39, 0.29) is 11.8 Å². The summed E-state index contributed by atoms with van der Waals surface area (Å²) >= 11 is 0. The van der Waals surface area contributed by atoms with Gasteiger partial charge in [-0.25, -0.2) is 0 Å². The number of ether oxygens (including phenoxy) is 1. The number of fused-ring (bicyclic) bond motifs is 1. The summed E-state index contributed by atoms with van der Waals surface area (Å²) in [5.41, 5.74) is 2.35. The molecule has 26 heavy (non-hydrogen) atoms. The van der Waals surface area contributed by atoms with Gasteiger partial charge in [-0.15, -0.1) is 0 Å². The van der Waals surface area contributed by atoms with Crippen molar-refractivity contribution in [3.63, 3.8) is 0 Å². The van der Waals surface area contributed by atoms with E-state index >= 15 is 0 Å². The molecule has 132 valence electrons. The smallest absolute Gasteiger partial charge is 0.176 e. The van der Waals surface area contributed by atoms with Crippen LogP contribution < -0.4 is 10.1 Å². The van der Waals surface area contributed by atoms with Crippen LogP contribution >= 0.6 is 0 Å². The number of hydrogen-bond donors (Lipinski definition) is 1. The maximum atomic E-state index is 11.6. The molecule has 0 aliphatic heterocycles. The highest BCUT2D eigenvalue weighted by Crippen LogP contribution is 2.32. The van der Waals surface area contributed by atoms with E-state index in [1.807, 2.05) is 38.1 Å². The van der Waals surface area contributed by atoms with Crippen LogP contribution in [0.2, 0.25) is 0 Å². The lowest BCUT2D eigenvalue weighted by molar-refractivity contribution is 0.101. The minimum absolute atomic E-state index is 0.0460. The zero-order valence-corrected chi connectivity index (χ0v) is 15.0. The molecule has 0 aliphatic rings. The summed E-state index contributed by atoms with van der Waals surface area (Å²) in [7, 11) is 0. The van der Waals surface area contributed by atoms with Gasteiger partial charge in [0.25, 0.3) is 0 Å². The van der Waals surface area contributed by atoms with Gasteiger partial charge in [0.1, 0.15) is 11.8 Å². The Morgan fingerprint density at radius 1 is 1.31 bits per heavy atom. The van der Waals surface area contributed by atoms with Gasteiger partial charge in [0.2, 0.25) is 0 Å². The SMILES string of the molecule is CCOc1cccc2cc(C(C)Nc3cc(C(C)=O)ccc3C#N)oc12. The van der Waals surface area contributed by atoms with E-state index in [2.05, 4.69) is 11.4 Å². The van der Waals surface area contributed by atoms with Crippen LogP contribution in [-0.2, 0) is 0 Å². The van der Waals surface area contributed by atoms with Gasteiger partial charge in [0.05, 0.1) is 23.9 Å². The minimum Gasteiger partial charge on any atom is -0.490 e. The zero-order chi connectivity index (χ0) is 18.7. The molecule has 5 heteroatoms. The number of benzene rings is 2. The first-order chi connectivity index (χ1) is 12.5. The fourth-order valence-corrected chi connectivity index (χ4v) is 2.82. The molecular formula is C21H20N2O3. The average Bonchev–Trinajstić information content (AvgIpc) is 3.07. The molecule has 1 heterocycles. The second-order valence-corrected chi connectivity index (χ2v) is 6.05. The molecule has 1 aromatic heterocycles. The summed E-state index contributed by atoms with van der Waals surface area (Å²) in [6, 6.07) is 14.7. The highest BCUT2D eigenvalue weighted by molar-refractivity contribution is 5.95. The lowest BCUT2D eigenvalue weighted by Gasteiger charge is -2.15. The van der Waals surface area contributed by atoms with Crippen molar-refractivity contribution in [2.75, 3.05) is 11.9 Å². The molecule has 0 aliphatic carbocycles. The van der Waals surface area contributed by atoms with Gasteiger partial charge < -0.3 is 14.5 Å². The van der Waals surface area contributed by atoms with Crippen LogP contribution in [0.3, 0.4) is 0 Å². The molecule has 0 amide bonds. The monoisotopic (exact) mass is 348 g/mol. The number of anilines is 1. The maximum Gasteiger partial charge on any atom is 0.176 e. The number of para-hydroxylation sites is 1. The predicted octanol–water partition coefficient (Wildman–Crippen LogP) is 5.08. The Morgan fingerprint density at radius 2 is 2.12 bits per heavy atom.